The molecular formula is C14H20F3N5O. The van der Waals surface area contributed by atoms with Crippen molar-refractivity contribution >= 4 is 0 Å². The van der Waals surface area contributed by atoms with Gasteiger partial charge in [0, 0.05) is 30.9 Å². The van der Waals surface area contributed by atoms with Gasteiger partial charge >= 0.3 is 6.18 Å². The number of halogens is 3. The summed E-state index contributed by atoms with van der Waals surface area (Å²) in [5, 5.41) is 8.04. The van der Waals surface area contributed by atoms with Crippen LogP contribution in [0.1, 0.15) is 17.9 Å². The molecular weight excluding hydrogens is 311 g/mol. The minimum Gasteiger partial charge on any atom is -0.359 e. The van der Waals surface area contributed by atoms with Crippen LogP contribution >= 0.6 is 0 Å². The topological polar surface area (TPSA) is 73.1 Å². The zero-order valence-electron chi connectivity index (χ0n) is 13.1. The van der Waals surface area contributed by atoms with Crippen molar-refractivity contribution in [1.29, 1.82) is 0 Å². The molecule has 23 heavy (non-hydrogen) atoms. The van der Waals surface area contributed by atoms with Crippen LogP contribution in [-0.4, -0.2) is 45.6 Å². The van der Waals surface area contributed by atoms with E-state index in [4.69, 9.17) is 10.3 Å². The van der Waals surface area contributed by atoms with Gasteiger partial charge in [0.1, 0.15) is 5.69 Å². The summed E-state index contributed by atoms with van der Waals surface area (Å²) in [7, 11) is 1.80. The summed E-state index contributed by atoms with van der Waals surface area (Å²) in [5.74, 6) is 0.379. The normalized spacial score (nSPS) is 12.3. The lowest BCUT2D eigenvalue weighted by Crippen LogP contribution is -2.35. The molecule has 0 unspecified atom stereocenters. The minimum atomic E-state index is -4.27. The van der Waals surface area contributed by atoms with Crippen LogP contribution in [-0.2, 0) is 13.6 Å². The highest BCUT2D eigenvalue weighted by atomic mass is 19.4. The van der Waals surface area contributed by atoms with Gasteiger partial charge in [-0.1, -0.05) is 5.16 Å². The lowest BCUT2D eigenvalue weighted by Gasteiger charge is -2.21. The SMILES string of the molecule is Cc1c(-c2cc(CN(CCCN)CC(F)(F)F)on2)cnn1C. The Bertz CT molecular complexity index is 635. The average Bonchev–Trinajstić information content (AvgIpc) is 3.03. The van der Waals surface area contributed by atoms with Crippen LogP contribution < -0.4 is 5.73 Å². The average molecular weight is 331 g/mol. The molecule has 0 aliphatic rings. The fourth-order valence-corrected chi connectivity index (χ4v) is 2.27. The van der Waals surface area contributed by atoms with Crippen LogP contribution in [0.5, 0.6) is 0 Å². The second-order valence-corrected chi connectivity index (χ2v) is 5.41. The highest BCUT2D eigenvalue weighted by Crippen LogP contribution is 2.24. The molecule has 0 radical (unpaired) electrons. The number of hydrogen-bond acceptors (Lipinski definition) is 5. The van der Waals surface area contributed by atoms with Gasteiger partial charge in [0.25, 0.3) is 0 Å². The summed E-state index contributed by atoms with van der Waals surface area (Å²) in [6, 6.07) is 1.65. The number of aryl methyl sites for hydroxylation is 1. The Labute approximate surface area is 132 Å². The van der Waals surface area contributed by atoms with E-state index in [1.54, 1.807) is 24.0 Å². The molecule has 0 saturated heterocycles. The van der Waals surface area contributed by atoms with Gasteiger partial charge in [-0.05, 0) is 19.9 Å². The number of aromatic nitrogens is 3. The van der Waals surface area contributed by atoms with Crippen molar-refractivity contribution in [3.8, 4) is 11.3 Å². The maximum absolute atomic E-state index is 12.6. The molecule has 2 rings (SSSR count). The third-order valence-electron chi connectivity index (χ3n) is 3.53. The maximum Gasteiger partial charge on any atom is 0.401 e. The van der Waals surface area contributed by atoms with Gasteiger partial charge in [-0.25, -0.2) is 0 Å². The molecule has 0 aliphatic carbocycles. The maximum atomic E-state index is 12.6. The van der Waals surface area contributed by atoms with Crippen molar-refractivity contribution in [3.05, 3.63) is 23.7 Å². The van der Waals surface area contributed by atoms with Crippen LogP contribution in [0.15, 0.2) is 16.8 Å². The molecule has 0 aliphatic heterocycles. The molecule has 0 aromatic carbocycles. The molecule has 0 fully saturated rings. The molecule has 0 bridgehead atoms. The molecule has 0 atom stereocenters. The van der Waals surface area contributed by atoms with Crippen LogP contribution in [0, 0.1) is 6.92 Å². The van der Waals surface area contributed by atoms with E-state index >= 15 is 0 Å². The van der Waals surface area contributed by atoms with Gasteiger partial charge in [0.15, 0.2) is 5.76 Å². The lowest BCUT2D eigenvalue weighted by molar-refractivity contribution is -0.147. The van der Waals surface area contributed by atoms with Gasteiger partial charge in [-0.2, -0.15) is 18.3 Å². The molecule has 2 aromatic rings. The van der Waals surface area contributed by atoms with E-state index in [1.807, 2.05) is 6.92 Å². The highest BCUT2D eigenvalue weighted by molar-refractivity contribution is 5.60. The van der Waals surface area contributed by atoms with E-state index in [0.29, 0.717) is 24.4 Å². The molecule has 0 saturated carbocycles. The van der Waals surface area contributed by atoms with Crippen LogP contribution in [0.25, 0.3) is 11.3 Å². The first kappa shape index (κ1) is 17.5. The molecule has 2 heterocycles. The molecule has 0 spiro atoms. The summed E-state index contributed by atoms with van der Waals surface area (Å²) in [5.41, 5.74) is 7.65. The predicted octanol–water partition coefficient (Wildman–Crippen LogP) is 2.10. The quantitative estimate of drug-likeness (QED) is 0.841. The largest absolute Gasteiger partial charge is 0.401 e. The van der Waals surface area contributed by atoms with E-state index in [9.17, 15) is 13.2 Å². The Morgan fingerprint density at radius 2 is 2.13 bits per heavy atom. The van der Waals surface area contributed by atoms with Crippen molar-refractivity contribution in [2.24, 2.45) is 12.8 Å². The summed E-state index contributed by atoms with van der Waals surface area (Å²) in [6.45, 7) is 1.50. The summed E-state index contributed by atoms with van der Waals surface area (Å²) < 4.78 is 44.8. The summed E-state index contributed by atoms with van der Waals surface area (Å²) >= 11 is 0. The fraction of sp³-hybridized carbons (Fsp3) is 0.571. The molecule has 9 heteroatoms. The third-order valence-corrected chi connectivity index (χ3v) is 3.53. The first-order chi connectivity index (χ1) is 10.8. The Kier molecular flexibility index (Phi) is 5.42. The van der Waals surface area contributed by atoms with Crippen molar-refractivity contribution in [3.63, 3.8) is 0 Å². The number of nitrogens with two attached hydrogens (primary N) is 1. The van der Waals surface area contributed by atoms with Crippen LogP contribution in [0.4, 0.5) is 13.2 Å². The number of alkyl halides is 3. The van der Waals surface area contributed by atoms with E-state index in [1.165, 1.54) is 4.90 Å². The Hall–Kier alpha value is -1.87. The smallest absolute Gasteiger partial charge is 0.359 e. The summed E-state index contributed by atoms with van der Waals surface area (Å²) in [6.07, 6.45) is -2.13. The number of nitrogens with zero attached hydrogens (tertiary/aromatic N) is 4. The van der Waals surface area contributed by atoms with Crippen LogP contribution in [0.2, 0.25) is 0 Å². The van der Waals surface area contributed by atoms with Gasteiger partial charge < -0.3 is 10.3 Å². The van der Waals surface area contributed by atoms with Crippen molar-refractivity contribution in [1.82, 2.24) is 19.8 Å². The monoisotopic (exact) mass is 331 g/mol. The zero-order valence-corrected chi connectivity index (χ0v) is 13.1. The van der Waals surface area contributed by atoms with E-state index in [-0.39, 0.29) is 13.1 Å². The second kappa shape index (κ2) is 7.14. The highest BCUT2D eigenvalue weighted by Gasteiger charge is 2.31. The molecule has 2 N–H and O–H groups in total. The molecule has 128 valence electrons. The van der Waals surface area contributed by atoms with E-state index < -0.39 is 12.7 Å². The standard InChI is InChI=1S/C14H20F3N5O/c1-10-12(7-19-21(10)2)13-6-11(23-20-13)8-22(5-3-4-18)9-14(15,16)17/h6-7H,3-5,8-9,18H2,1-2H3. The van der Waals surface area contributed by atoms with Gasteiger partial charge in [0.2, 0.25) is 0 Å². The minimum absolute atomic E-state index is 0.0336. The van der Waals surface area contributed by atoms with E-state index in [2.05, 4.69) is 10.3 Å². The Morgan fingerprint density at radius 3 is 2.70 bits per heavy atom. The predicted molar refractivity (Wildman–Crippen MR) is 78.4 cm³/mol. The molecule has 6 nitrogen and oxygen atoms in total. The number of rotatable bonds is 7. The Balaban J connectivity index is 2.10. The van der Waals surface area contributed by atoms with Crippen molar-refractivity contribution in [2.45, 2.75) is 26.1 Å². The van der Waals surface area contributed by atoms with Crippen molar-refractivity contribution < 1.29 is 17.7 Å². The summed E-state index contributed by atoms with van der Waals surface area (Å²) in [4.78, 5) is 1.26. The van der Waals surface area contributed by atoms with Crippen LogP contribution in [0.3, 0.4) is 0 Å². The number of hydrogen-bond donors (Lipinski definition) is 1. The fourth-order valence-electron chi connectivity index (χ4n) is 2.27. The van der Waals surface area contributed by atoms with Gasteiger partial charge in [-0.15, -0.1) is 0 Å². The molecule has 0 amide bonds. The van der Waals surface area contributed by atoms with E-state index in [0.717, 1.165) is 11.3 Å². The second-order valence-electron chi connectivity index (χ2n) is 5.41. The zero-order chi connectivity index (χ0) is 17.0. The Morgan fingerprint density at radius 1 is 1.39 bits per heavy atom. The third kappa shape index (κ3) is 4.80. The van der Waals surface area contributed by atoms with Gasteiger partial charge in [-0.3, -0.25) is 9.58 Å². The molecule has 2 aromatic heterocycles. The first-order valence-corrected chi connectivity index (χ1v) is 7.24. The lowest BCUT2D eigenvalue weighted by atomic mass is 10.2. The van der Waals surface area contributed by atoms with Gasteiger partial charge in [0.05, 0.1) is 19.3 Å². The van der Waals surface area contributed by atoms with Crippen molar-refractivity contribution in [2.75, 3.05) is 19.6 Å². The first-order valence-electron chi connectivity index (χ1n) is 7.24.